The molecule has 1 heterocycles. The Balaban J connectivity index is 1.61. The Labute approximate surface area is 201 Å². The molecule has 0 radical (unpaired) electrons. The van der Waals surface area contributed by atoms with Gasteiger partial charge in [-0.15, -0.1) is 0 Å². The van der Waals surface area contributed by atoms with Gasteiger partial charge in [-0.2, -0.15) is 4.98 Å². The van der Waals surface area contributed by atoms with E-state index in [1.807, 2.05) is 6.07 Å². The second-order valence-electron chi connectivity index (χ2n) is 8.05. The molecule has 0 saturated heterocycles. The molecule has 0 aliphatic heterocycles. The molecule has 0 aliphatic rings. The van der Waals surface area contributed by atoms with Gasteiger partial charge in [-0.05, 0) is 68.3 Å². The lowest BCUT2D eigenvalue weighted by Gasteiger charge is -2.19. The Morgan fingerprint density at radius 1 is 1.03 bits per heavy atom. The second-order valence-corrected chi connectivity index (χ2v) is 8.80. The van der Waals surface area contributed by atoms with Gasteiger partial charge in [0.1, 0.15) is 10.6 Å². The molecule has 2 aromatic carbocycles. The number of aromatic nitrogens is 2. The highest BCUT2D eigenvalue weighted by molar-refractivity contribution is 6.33. The molecule has 8 nitrogen and oxygen atoms in total. The summed E-state index contributed by atoms with van der Waals surface area (Å²) in [6.07, 6.45) is 0.847. The molecule has 3 N–H and O–H groups in total. The summed E-state index contributed by atoms with van der Waals surface area (Å²) >= 11 is 11.9. The van der Waals surface area contributed by atoms with Crippen molar-refractivity contribution in [3.8, 4) is 0 Å². The lowest BCUT2D eigenvalue weighted by atomic mass is 10.1. The van der Waals surface area contributed by atoms with E-state index in [1.54, 1.807) is 63.2 Å². The Hall–Kier alpha value is -3.36. The van der Waals surface area contributed by atoms with Gasteiger partial charge < -0.3 is 15.4 Å². The number of hydrogen-bond acceptors (Lipinski definition) is 6. The Bertz CT molecular complexity index is 1160. The van der Waals surface area contributed by atoms with Crippen molar-refractivity contribution in [2.45, 2.75) is 32.9 Å². The highest BCUT2D eigenvalue weighted by Gasteiger charge is 2.16. The van der Waals surface area contributed by atoms with Gasteiger partial charge in [-0.3, -0.25) is 10.1 Å². The predicted molar refractivity (Wildman–Crippen MR) is 129 cm³/mol. The molecule has 10 heteroatoms. The van der Waals surface area contributed by atoms with Crippen molar-refractivity contribution in [3.63, 3.8) is 0 Å². The summed E-state index contributed by atoms with van der Waals surface area (Å²) in [4.78, 5) is 32.5. The van der Waals surface area contributed by atoms with Crippen LogP contribution in [0.15, 0.2) is 54.7 Å². The van der Waals surface area contributed by atoms with Crippen LogP contribution in [0, 0.1) is 0 Å². The molecular weight excluding hydrogens is 465 g/mol. The molecule has 1 aromatic heterocycles. The molecule has 33 heavy (non-hydrogen) atoms. The molecule has 3 aromatic rings. The summed E-state index contributed by atoms with van der Waals surface area (Å²) < 4.78 is 5.26. The van der Waals surface area contributed by atoms with Crippen LogP contribution in [0.1, 0.15) is 36.7 Å². The van der Waals surface area contributed by atoms with E-state index in [-0.39, 0.29) is 17.7 Å². The van der Waals surface area contributed by atoms with Crippen LogP contribution in [-0.2, 0) is 11.3 Å². The van der Waals surface area contributed by atoms with Gasteiger partial charge in [0.15, 0.2) is 5.82 Å². The first kappa shape index (κ1) is 24.3. The van der Waals surface area contributed by atoms with E-state index in [1.165, 1.54) is 6.20 Å². The molecule has 0 unspecified atom stereocenters. The van der Waals surface area contributed by atoms with E-state index in [0.717, 1.165) is 5.56 Å². The molecule has 0 saturated carbocycles. The minimum absolute atomic E-state index is 0.0548. The number of carbonyl (C=O) groups excluding carboxylic acids is 2. The van der Waals surface area contributed by atoms with Crippen LogP contribution in [-0.4, -0.2) is 27.6 Å². The Morgan fingerprint density at radius 3 is 2.52 bits per heavy atom. The molecule has 172 valence electrons. The summed E-state index contributed by atoms with van der Waals surface area (Å²) in [5.74, 6) is 0.0690. The fourth-order valence-electron chi connectivity index (χ4n) is 2.77. The van der Waals surface area contributed by atoms with Gasteiger partial charge in [0.2, 0.25) is 5.28 Å². The highest BCUT2D eigenvalue weighted by atomic mass is 35.5. The first-order valence-electron chi connectivity index (χ1n) is 10.0. The van der Waals surface area contributed by atoms with Gasteiger partial charge in [-0.1, -0.05) is 29.8 Å². The van der Waals surface area contributed by atoms with Gasteiger partial charge >= 0.3 is 6.09 Å². The average molecular weight is 488 g/mol. The van der Waals surface area contributed by atoms with E-state index in [2.05, 4.69) is 25.9 Å². The minimum atomic E-state index is -0.593. The normalized spacial score (nSPS) is 10.9. The minimum Gasteiger partial charge on any atom is -0.444 e. The van der Waals surface area contributed by atoms with E-state index >= 15 is 0 Å². The largest absolute Gasteiger partial charge is 0.444 e. The predicted octanol–water partition coefficient (Wildman–Crippen LogP) is 5.80. The standard InChI is InChI=1S/C23H23Cl2N5O3/c1-23(2,3)33-22(32)29-16-8-4-6-14(10-16)12-26-20(31)15-7-5-9-17(11-15)28-19-18(24)13-27-21(25)30-19/h4-11,13H,12H2,1-3H3,(H,26,31)(H,29,32)(H,27,28,30). The molecule has 3 rings (SSSR count). The van der Waals surface area contributed by atoms with Crippen LogP contribution in [0.4, 0.5) is 22.0 Å². The molecule has 0 atom stereocenters. The van der Waals surface area contributed by atoms with Crippen LogP contribution in [0.2, 0.25) is 10.3 Å². The summed E-state index contributed by atoms with van der Waals surface area (Å²) in [5.41, 5.74) is 1.85. The number of ether oxygens (including phenoxy) is 1. The van der Waals surface area contributed by atoms with Crippen LogP contribution in [0.3, 0.4) is 0 Å². The molecule has 0 fully saturated rings. The first-order valence-corrected chi connectivity index (χ1v) is 10.8. The van der Waals surface area contributed by atoms with Crippen molar-refractivity contribution in [3.05, 3.63) is 76.2 Å². The summed E-state index contributed by atoms with van der Waals surface area (Å²) in [6, 6.07) is 14.0. The molecule has 0 aliphatic carbocycles. The number of rotatable bonds is 6. The maximum atomic E-state index is 12.7. The number of nitrogens with zero attached hydrogens (tertiary/aromatic N) is 2. The van der Waals surface area contributed by atoms with Gasteiger partial charge in [0.05, 0.1) is 6.20 Å². The summed E-state index contributed by atoms with van der Waals surface area (Å²) in [6.45, 7) is 5.65. The number of anilines is 3. The lowest BCUT2D eigenvalue weighted by Crippen LogP contribution is -2.27. The van der Waals surface area contributed by atoms with Crippen molar-refractivity contribution in [2.75, 3.05) is 10.6 Å². The SMILES string of the molecule is CC(C)(C)OC(=O)Nc1cccc(CNC(=O)c2cccc(Nc3nc(Cl)ncc3Cl)c2)c1. The third-order valence-corrected chi connectivity index (χ3v) is 4.59. The van der Waals surface area contributed by atoms with Crippen molar-refractivity contribution in [1.29, 1.82) is 0 Å². The molecular formula is C23H23Cl2N5O3. The van der Waals surface area contributed by atoms with Crippen molar-refractivity contribution in [1.82, 2.24) is 15.3 Å². The quantitative estimate of drug-likeness (QED) is 0.379. The monoisotopic (exact) mass is 487 g/mol. The fourth-order valence-corrected chi connectivity index (χ4v) is 3.04. The van der Waals surface area contributed by atoms with E-state index < -0.39 is 11.7 Å². The van der Waals surface area contributed by atoms with Gasteiger partial charge in [-0.25, -0.2) is 9.78 Å². The Kier molecular flexibility index (Phi) is 7.73. The zero-order valence-electron chi connectivity index (χ0n) is 18.3. The number of hydrogen-bond donors (Lipinski definition) is 3. The molecule has 0 bridgehead atoms. The zero-order valence-corrected chi connectivity index (χ0v) is 19.8. The maximum absolute atomic E-state index is 12.7. The third-order valence-electron chi connectivity index (χ3n) is 4.13. The fraction of sp³-hybridized carbons (Fsp3) is 0.217. The maximum Gasteiger partial charge on any atom is 0.412 e. The van der Waals surface area contributed by atoms with Crippen molar-refractivity contribution in [2.24, 2.45) is 0 Å². The zero-order chi connectivity index (χ0) is 24.0. The first-order chi connectivity index (χ1) is 15.6. The lowest BCUT2D eigenvalue weighted by molar-refractivity contribution is 0.0635. The number of amides is 2. The number of halogens is 2. The van der Waals surface area contributed by atoms with E-state index in [0.29, 0.717) is 27.8 Å². The van der Waals surface area contributed by atoms with Crippen molar-refractivity contribution >= 4 is 52.4 Å². The van der Waals surface area contributed by atoms with Crippen LogP contribution in [0.25, 0.3) is 0 Å². The number of carbonyl (C=O) groups is 2. The summed E-state index contributed by atoms with van der Waals surface area (Å²) in [5, 5.41) is 8.93. The van der Waals surface area contributed by atoms with Crippen molar-refractivity contribution < 1.29 is 14.3 Å². The van der Waals surface area contributed by atoms with Gasteiger partial charge in [0, 0.05) is 23.5 Å². The van der Waals surface area contributed by atoms with Crippen LogP contribution < -0.4 is 16.0 Å². The molecule has 2 amide bonds. The van der Waals surface area contributed by atoms with Crippen LogP contribution >= 0.6 is 23.2 Å². The van der Waals surface area contributed by atoms with Gasteiger partial charge in [0.25, 0.3) is 5.91 Å². The third kappa shape index (κ3) is 7.62. The second kappa shape index (κ2) is 10.5. The number of benzene rings is 2. The smallest absolute Gasteiger partial charge is 0.412 e. The highest BCUT2D eigenvalue weighted by Crippen LogP contribution is 2.24. The molecule has 0 spiro atoms. The average Bonchev–Trinajstić information content (AvgIpc) is 2.74. The number of nitrogens with one attached hydrogen (secondary N) is 3. The van der Waals surface area contributed by atoms with E-state index in [9.17, 15) is 9.59 Å². The van der Waals surface area contributed by atoms with E-state index in [4.69, 9.17) is 27.9 Å². The van der Waals surface area contributed by atoms with Crippen LogP contribution in [0.5, 0.6) is 0 Å². The summed E-state index contributed by atoms with van der Waals surface area (Å²) in [7, 11) is 0. The topological polar surface area (TPSA) is 105 Å². The Morgan fingerprint density at radius 2 is 1.76 bits per heavy atom.